The number of alkyl halides is 6. The number of sulfone groups is 2. The van der Waals surface area contributed by atoms with Crippen molar-refractivity contribution in [3.05, 3.63) is 92.9 Å². The van der Waals surface area contributed by atoms with Crippen molar-refractivity contribution in [2.75, 3.05) is 0 Å². The van der Waals surface area contributed by atoms with Gasteiger partial charge in [0.2, 0.25) is 0 Å². The molecule has 0 saturated heterocycles. The maximum atomic E-state index is 11.5. The SMILES string of the molecule is Clc1ccc([S+](c2ccc(Cl)cc2)c2ccc(Cl)cc2)cc1.O=S(=O)([CH-]S(=O)(=O)C(F)(F)F)C(F)(F)F. The summed E-state index contributed by atoms with van der Waals surface area (Å²) in [6.07, 6.45) is 0. The number of benzene rings is 3. The van der Waals surface area contributed by atoms with E-state index >= 15 is 0 Å². The zero-order chi connectivity index (χ0) is 28.2. The van der Waals surface area contributed by atoms with Crippen LogP contribution in [-0.4, -0.2) is 27.9 Å². The van der Waals surface area contributed by atoms with Crippen molar-refractivity contribution in [1.29, 1.82) is 0 Å². The van der Waals surface area contributed by atoms with E-state index in [0.717, 1.165) is 15.1 Å². The molecule has 0 aliphatic heterocycles. The van der Waals surface area contributed by atoms with E-state index in [1.54, 1.807) is 0 Å². The van der Waals surface area contributed by atoms with Crippen LogP contribution >= 0.6 is 34.8 Å². The monoisotopic (exact) mass is 644 g/mol. The molecule has 0 fully saturated rings. The summed E-state index contributed by atoms with van der Waals surface area (Å²) in [6.45, 7) is 0. The van der Waals surface area contributed by atoms with Crippen LogP contribution in [0.25, 0.3) is 0 Å². The highest BCUT2D eigenvalue weighted by molar-refractivity contribution is 8.12. The van der Waals surface area contributed by atoms with Gasteiger partial charge in [0.25, 0.3) is 0 Å². The Balaban J connectivity index is 0.000000283. The van der Waals surface area contributed by atoms with E-state index < -0.39 is 35.8 Å². The van der Waals surface area contributed by atoms with E-state index in [2.05, 4.69) is 36.4 Å². The molecule has 202 valence electrons. The Bertz CT molecular complexity index is 1260. The lowest BCUT2D eigenvalue weighted by atomic mass is 10.3. The number of hydrogen-bond donors (Lipinski definition) is 0. The summed E-state index contributed by atoms with van der Waals surface area (Å²) in [5.74, 6) is 0. The molecule has 0 aliphatic rings. The quantitative estimate of drug-likeness (QED) is 0.162. The van der Waals surface area contributed by atoms with E-state index in [1.165, 1.54) is 14.7 Å². The molecule has 3 rings (SSSR count). The van der Waals surface area contributed by atoms with Gasteiger partial charge in [0.05, 0.1) is 10.9 Å². The Hall–Kier alpha value is -1.64. The van der Waals surface area contributed by atoms with Crippen LogP contribution in [0.5, 0.6) is 0 Å². The maximum Gasteiger partial charge on any atom is 0.469 e. The minimum atomic E-state index is -6.47. The van der Waals surface area contributed by atoms with E-state index in [4.69, 9.17) is 34.8 Å². The highest BCUT2D eigenvalue weighted by Gasteiger charge is 2.47. The third-order valence-electron chi connectivity index (χ3n) is 4.05. The first-order valence-electron chi connectivity index (χ1n) is 9.32. The molecule has 4 nitrogen and oxygen atoms in total. The van der Waals surface area contributed by atoms with E-state index in [9.17, 15) is 43.2 Å². The molecule has 0 unspecified atom stereocenters. The molecule has 0 saturated carbocycles. The summed E-state index contributed by atoms with van der Waals surface area (Å²) in [7, 11) is -13.2. The lowest BCUT2D eigenvalue weighted by Gasteiger charge is -2.18. The molecule has 0 N–H and O–H groups in total. The van der Waals surface area contributed by atoms with Gasteiger partial charge in [0.1, 0.15) is 19.7 Å². The van der Waals surface area contributed by atoms with Crippen molar-refractivity contribution in [1.82, 2.24) is 0 Å². The zero-order valence-electron chi connectivity index (χ0n) is 17.8. The summed E-state index contributed by atoms with van der Waals surface area (Å²) in [6, 6.07) is 23.9. The van der Waals surface area contributed by atoms with E-state index in [0.29, 0.717) is 0 Å². The van der Waals surface area contributed by atoms with Crippen molar-refractivity contribution in [3.63, 3.8) is 0 Å². The number of halogens is 9. The largest absolute Gasteiger partial charge is 0.469 e. The molecule has 0 atom stereocenters. The topological polar surface area (TPSA) is 68.3 Å². The molecular formula is C21H13Cl3F6O4S3. The summed E-state index contributed by atoms with van der Waals surface area (Å²) in [5, 5.41) is 0.443. The predicted molar refractivity (Wildman–Crippen MR) is 131 cm³/mol. The molecule has 0 aliphatic carbocycles. The number of hydrogen-bond acceptors (Lipinski definition) is 4. The van der Waals surface area contributed by atoms with Crippen LogP contribution in [-0.2, 0) is 30.6 Å². The zero-order valence-corrected chi connectivity index (χ0v) is 22.5. The highest BCUT2D eigenvalue weighted by Crippen LogP contribution is 2.34. The minimum absolute atomic E-state index is 0.215. The second-order valence-electron chi connectivity index (χ2n) is 6.75. The smallest absolute Gasteiger partial charge is 0.253 e. The summed E-state index contributed by atoms with van der Waals surface area (Å²) in [4.78, 5) is 3.61. The highest BCUT2D eigenvalue weighted by atomic mass is 35.5. The van der Waals surface area contributed by atoms with Crippen molar-refractivity contribution < 1.29 is 43.2 Å². The van der Waals surface area contributed by atoms with E-state index in [1.807, 2.05) is 36.4 Å². The van der Waals surface area contributed by atoms with Gasteiger partial charge in [-0.25, -0.2) is 0 Å². The minimum Gasteiger partial charge on any atom is -0.253 e. The Morgan fingerprint density at radius 3 is 0.919 bits per heavy atom. The second-order valence-corrected chi connectivity index (χ2v) is 14.0. The van der Waals surface area contributed by atoms with Gasteiger partial charge in [0, 0.05) is 15.1 Å². The predicted octanol–water partition coefficient (Wildman–Crippen LogP) is 7.72. The standard InChI is InChI=1S/C18H12Cl3S.C3HF6O4S2/c19-13-1-7-16(8-2-13)22(17-9-3-14(20)4-10-17)18-11-5-15(21)6-12-18;4-2(5,6)14(10,11)1-15(12,13)3(7,8)9/h1-12H;1H/q+1;-1. The van der Waals surface area contributed by atoms with Gasteiger partial charge in [-0.05, 0) is 72.8 Å². The third kappa shape index (κ3) is 8.69. The third-order valence-corrected chi connectivity index (χ3v) is 10.4. The maximum absolute atomic E-state index is 11.5. The molecule has 0 aromatic heterocycles. The normalized spacial score (nSPS) is 12.7. The van der Waals surface area contributed by atoms with Gasteiger partial charge < -0.3 is 0 Å². The summed E-state index contributed by atoms with van der Waals surface area (Å²) in [5.41, 5.74) is -12.2. The van der Waals surface area contributed by atoms with Crippen LogP contribution in [0.3, 0.4) is 0 Å². The fraction of sp³-hybridized carbons (Fsp3) is 0.0952. The van der Waals surface area contributed by atoms with Gasteiger partial charge in [-0.1, -0.05) is 39.9 Å². The average Bonchev–Trinajstić information content (AvgIpc) is 2.76. The summed E-state index contributed by atoms with van der Waals surface area (Å²) >= 11 is 18.1. The van der Waals surface area contributed by atoms with E-state index in [-0.39, 0.29) is 10.9 Å². The van der Waals surface area contributed by atoms with Crippen LogP contribution in [0.15, 0.2) is 87.5 Å². The van der Waals surface area contributed by atoms with Crippen LogP contribution in [0.4, 0.5) is 26.3 Å². The van der Waals surface area contributed by atoms with Gasteiger partial charge >= 0.3 is 11.0 Å². The Kier molecular flexibility index (Phi) is 10.3. The Morgan fingerprint density at radius 1 is 0.514 bits per heavy atom. The lowest BCUT2D eigenvalue weighted by molar-refractivity contribution is -0.0446. The summed E-state index contributed by atoms with van der Waals surface area (Å²) < 4.78 is 109. The van der Waals surface area contributed by atoms with Crippen LogP contribution in [0, 0.1) is 5.08 Å². The average molecular weight is 646 g/mol. The van der Waals surface area contributed by atoms with Crippen molar-refractivity contribution in [3.8, 4) is 0 Å². The van der Waals surface area contributed by atoms with Crippen molar-refractivity contribution in [2.24, 2.45) is 0 Å². The van der Waals surface area contributed by atoms with Crippen molar-refractivity contribution >= 4 is 65.4 Å². The fourth-order valence-corrected chi connectivity index (χ4v) is 7.02. The number of rotatable bonds is 5. The molecule has 0 heterocycles. The molecule has 3 aromatic carbocycles. The van der Waals surface area contributed by atoms with Gasteiger partial charge in [-0.2, -0.15) is 26.3 Å². The van der Waals surface area contributed by atoms with Crippen LogP contribution in [0.1, 0.15) is 0 Å². The Labute approximate surface area is 226 Å². The van der Waals surface area contributed by atoms with Crippen molar-refractivity contribution in [2.45, 2.75) is 25.7 Å². The molecule has 16 heteroatoms. The molecule has 0 radical (unpaired) electrons. The molecule has 0 spiro atoms. The van der Waals surface area contributed by atoms with Gasteiger partial charge in [0.15, 0.2) is 14.7 Å². The molecule has 0 amide bonds. The molecule has 0 bridgehead atoms. The second kappa shape index (κ2) is 12.0. The first kappa shape index (κ1) is 31.6. The lowest BCUT2D eigenvalue weighted by Crippen LogP contribution is -2.32. The van der Waals surface area contributed by atoms with Gasteiger partial charge in [-0.3, -0.25) is 16.8 Å². The molecule has 3 aromatic rings. The van der Waals surface area contributed by atoms with Crippen LogP contribution in [0.2, 0.25) is 15.1 Å². The first-order chi connectivity index (χ1) is 16.8. The molecular weight excluding hydrogens is 633 g/mol. The molecule has 37 heavy (non-hydrogen) atoms. The first-order valence-corrected chi connectivity index (χ1v) is 14.8. The fourth-order valence-electron chi connectivity index (χ4n) is 2.40. The Morgan fingerprint density at radius 2 is 0.730 bits per heavy atom. The van der Waals surface area contributed by atoms with Crippen LogP contribution < -0.4 is 0 Å². The van der Waals surface area contributed by atoms with Gasteiger partial charge in [-0.15, -0.1) is 0 Å².